The fourth-order valence-electron chi connectivity index (χ4n) is 3.33. The minimum Gasteiger partial charge on any atom is -0.454 e. The van der Waals surface area contributed by atoms with Crippen LogP contribution in [0.3, 0.4) is 0 Å². The normalized spacial score (nSPS) is 20.0. The van der Waals surface area contributed by atoms with Crippen molar-refractivity contribution in [3.63, 3.8) is 0 Å². The summed E-state index contributed by atoms with van der Waals surface area (Å²) in [6.07, 6.45) is 4.96. The van der Waals surface area contributed by atoms with Crippen molar-refractivity contribution in [3.05, 3.63) is 53.6 Å². The minimum absolute atomic E-state index is 0.0242. The predicted molar refractivity (Wildman–Crippen MR) is 93.0 cm³/mol. The summed E-state index contributed by atoms with van der Waals surface area (Å²) in [4.78, 5) is 26.9. The van der Waals surface area contributed by atoms with Crippen LogP contribution < -0.4 is 14.4 Å². The van der Waals surface area contributed by atoms with E-state index in [4.69, 9.17) is 15.9 Å². The van der Waals surface area contributed by atoms with Crippen molar-refractivity contribution >= 4 is 17.4 Å². The Labute approximate surface area is 149 Å². The number of carbonyl (C=O) groups excluding carboxylic acids is 2. The second-order valence-electron chi connectivity index (χ2n) is 6.14. The molecule has 0 aromatic heterocycles. The summed E-state index contributed by atoms with van der Waals surface area (Å²) < 4.78 is 10.5. The van der Waals surface area contributed by atoms with Crippen LogP contribution in [-0.4, -0.2) is 30.1 Å². The number of aliphatic hydroxyl groups is 1. The number of benzene rings is 2. The molecule has 2 aliphatic rings. The molecule has 1 N–H and O–H groups in total. The molecule has 0 spiro atoms. The average Bonchev–Trinajstić information content (AvgIpc) is 3.19. The molecule has 2 heterocycles. The summed E-state index contributed by atoms with van der Waals surface area (Å²) in [5.41, 5.74) is -0.699. The molecule has 1 amide bonds. The smallest absolute Gasteiger partial charge is 0.265 e. The summed E-state index contributed by atoms with van der Waals surface area (Å²) in [5, 5.41) is 11.1. The van der Waals surface area contributed by atoms with E-state index >= 15 is 0 Å². The average molecular weight is 349 g/mol. The van der Waals surface area contributed by atoms with E-state index in [9.17, 15) is 14.7 Å². The van der Waals surface area contributed by atoms with Gasteiger partial charge in [0, 0.05) is 11.1 Å². The van der Waals surface area contributed by atoms with Gasteiger partial charge in [-0.15, -0.1) is 6.42 Å². The van der Waals surface area contributed by atoms with Crippen LogP contribution in [0.2, 0.25) is 0 Å². The zero-order valence-corrected chi connectivity index (χ0v) is 13.8. The Morgan fingerprint density at radius 1 is 1.23 bits per heavy atom. The Balaban J connectivity index is 1.68. The number of hydrogen-bond acceptors (Lipinski definition) is 5. The number of terminal acetylenes is 1. The van der Waals surface area contributed by atoms with Crippen LogP contribution in [0.1, 0.15) is 22.3 Å². The molecule has 0 bridgehead atoms. The third-order valence-electron chi connectivity index (χ3n) is 4.60. The molecule has 0 saturated heterocycles. The van der Waals surface area contributed by atoms with Crippen molar-refractivity contribution in [2.45, 2.75) is 12.0 Å². The second-order valence-corrected chi connectivity index (χ2v) is 6.14. The number of hydrogen-bond donors (Lipinski definition) is 1. The van der Waals surface area contributed by atoms with E-state index in [1.165, 1.54) is 4.90 Å². The Bertz CT molecular complexity index is 961. The number of anilines is 1. The van der Waals surface area contributed by atoms with E-state index in [-0.39, 0.29) is 25.5 Å². The molecule has 0 saturated carbocycles. The van der Waals surface area contributed by atoms with Crippen LogP contribution in [-0.2, 0) is 10.4 Å². The second kappa shape index (κ2) is 5.90. The van der Waals surface area contributed by atoms with E-state index < -0.39 is 11.5 Å². The number of rotatable bonds is 4. The molecule has 0 radical (unpaired) electrons. The van der Waals surface area contributed by atoms with Gasteiger partial charge in [-0.25, -0.2) is 0 Å². The molecule has 2 aromatic carbocycles. The van der Waals surface area contributed by atoms with Crippen LogP contribution in [0.4, 0.5) is 5.69 Å². The van der Waals surface area contributed by atoms with Crippen molar-refractivity contribution in [1.29, 1.82) is 0 Å². The van der Waals surface area contributed by atoms with Crippen molar-refractivity contribution < 1.29 is 24.2 Å². The van der Waals surface area contributed by atoms with E-state index in [2.05, 4.69) is 5.92 Å². The van der Waals surface area contributed by atoms with Gasteiger partial charge in [0.25, 0.3) is 5.91 Å². The zero-order valence-electron chi connectivity index (χ0n) is 13.8. The number of carbonyl (C=O) groups is 2. The first-order chi connectivity index (χ1) is 12.5. The topological polar surface area (TPSA) is 76.1 Å². The third-order valence-corrected chi connectivity index (χ3v) is 4.60. The maximum Gasteiger partial charge on any atom is 0.265 e. The third kappa shape index (κ3) is 2.33. The lowest BCUT2D eigenvalue weighted by Crippen LogP contribution is -2.42. The maximum atomic E-state index is 12.8. The fraction of sp³-hybridized carbons (Fsp3) is 0.200. The molecule has 2 aliphatic heterocycles. The van der Waals surface area contributed by atoms with Gasteiger partial charge in [-0.2, -0.15) is 0 Å². The first-order valence-corrected chi connectivity index (χ1v) is 8.05. The molecule has 0 aliphatic carbocycles. The van der Waals surface area contributed by atoms with Crippen molar-refractivity contribution in [2.75, 3.05) is 18.2 Å². The van der Waals surface area contributed by atoms with Gasteiger partial charge in [0.05, 0.1) is 18.7 Å². The number of Topliss-reactive ketones (excluding diaryl/α,β-unsaturated/α-hetero) is 1. The molecule has 130 valence electrons. The number of nitrogens with zero attached hydrogens (tertiary/aromatic N) is 1. The first kappa shape index (κ1) is 16.2. The lowest BCUT2D eigenvalue weighted by molar-refractivity contribution is -0.135. The SMILES string of the molecule is C#CCN1C(=O)C(O)(CC(=O)c2ccc3c(c2)OCO3)c2ccccc21. The fourth-order valence-corrected chi connectivity index (χ4v) is 3.33. The van der Waals surface area contributed by atoms with Gasteiger partial charge >= 0.3 is 0 Å². The Morgan fingerprint density at radius 3 is 2.81 bits per heavy atom. The highest BCUT2D eigenvalue weighted by Gasteiger charge is 2.50. The predicted octanol–water partition coefficient (Wildman–Crippen LogP) is 1.86. The highest BCUT2D eigenvalue weighted by atomic mass is 16.7. The minimum atomic E-state index is -1.94. The van der Waals surface area contributed by atoms with Gasteiger partial charge in [-0.3, -0.25) is 14.5 Å². The van der Waals surface area contributed by atoms with Crippen molar-refractivity contribution in [3.8, 4) is 23.8 Å². The van der Waals surface area contributed by atoms with Crippen molar-refractivity contribution in [2.24, 2.45) is 0 Å². The number of ketones is 1. The standard InChI is InChI=1S/C20H15NO5/c1-2-9-21-15-6-4-3-5-14(15)20(24,19(21)23)11-16(22)13-7-8-17-18(10-13)26-12-25-17/h1,3-8,10,24H,9,11-12H2. The molecule has 26 heavy (non-hydrogen) atoms. The molecule has 2 aromatic rings. The molecular weight excluding hydrogens is 334 g/mol. The van der Waals surface area contributed by atoms with E-state index in [0.29, 0.717) is 28.3 Å². The Morgan fingerprint density at radius 2 is 2.00 bits per heavy atom. The van der Waals surface area contributed by atoms with Gasteiger partial charge in [0.2, 0.25) is 6.79 Å². The molecule has 0 fully saturated rings. The van der Waals surface area contributed by atoms with Crippen LogP contribution >= 0.6 is 0 Å². The van der Waals surface area contributed by atoms with E-state index in [1.807, 2.05) is 0 Å². The molecule has 1 atom stereocenters. The van der Waals surface area contributed by atoms with Crippen molar-refractivity contribution in [1.82, 2.24) is 0 Å². The molecule has 1 unspecified atom stereocenters. The maximum absolute atomic E-state index is 12.8. The Kier molecular flexibility index (Phi) is 3.67. The molecule has 6 nitrogen and oxygen atoms in total. The van der Waals surface area contributed by atoms with Gasteiger partial charge in [0.15, 0.2) is 22.9 Å². The van der Waals surface area contributed by atoms with Crippen LogP contribution in [0, 0.1) is 12.3 Å². The summed E-state index contributed by atoms with van der Waals surface area (Å²) in [5.74, 6) is 2.47. The molecule has 6 heteroatoms. The molecular formula is C20H15NO5. The summed E-state index contributed by atoms with van der Waals surface area (Å²) in [7, 11) is 0. The van der Waals surface area contributed by atoms with Crippen LogP contribution in [0.5, 0.6) is 11.5 Å². The number of para-hydroxylation sites is 1. The quantitative estimate of drug-likeness (QED) is 0.673. The van der Waals surface area contributed by atoms with Gasteiger partial charge in [0.1, 0.15) is 0 Å². The van der Waals surface area contributed by atoms with Crippen LogP contribution in [0.25, 0.3) is 0 Å². The highest BCUT2D eigenvalue weighted by Crippen LogP contribution is 2.43. The monoisotopic (exact) mass is 349 g/mol. The van der Waals surface area contributed by atoms with E-state index in [0.717, 1.165) is 0 Å². The summed E-state index contributed by atoms with van der Waals surface area (Å²) >= 11 is 0. The summed E-state index contributed by atoms with van der Waals surface area (Å²) in [6, 6.07) is 11.6. The van der Waals surface area contributed by atoms with Gasteiger partial charge < -0.3 is 14.6 Å². The first-order valence-electron chi connectivity index (χ1n) is 8.05. The molecule has 4 rings (SSSR count). The highest BCUT2D eigenvalue weighted by molar-refractivity contribution is 6.11. The largest absolute Gasteiger partial charge is 0.454 e. The van der Waals surface area contributed by atoms with E-state index in [1.54, 1.807) is 42.5 Å². The summed E-state index contributed by atoms with van der Waals surface area (Å²) in [6.45, 7) is 0.125. The Hall–Kier alpha value is -3.30. The number of fused-ring (bicyclic) bond motifs is 2. The van der Waals surface area contributed by atoms with Gasteiger partial charge in [-0.1, -0.05) is 24.1 Å². The van der Waals surface area contributed by atoms with Crippen LogP contribution in [0.15, 0.2) is 42.5 Å². The van der Waals surface area contributed by atoms with Gasteiger partial charge in [-0.05, 0) is 24.3 Å². The lowest BCUT2D eigenvalue weighted by atomic mass is 9.88. The zero-order chi connectivity index (χ0) is 18.3. The lowest BCUT2D eigenvalue weighted by Gasteiger charge is -2.21. The number of amides is 1. The number of ether oxygens (including phenoxy) is 2.